The van der Waals surface area contributed by atoms with E-state index in [9.17, 15) is 4.79 Å². The van der Waals surface area contributed by atoms with E-state index in [2.05, 4.69) is 10.1 Å². The quantitative estimate of drug-likeness (QED) is 0.806. The largest absolute Gasteiger partial charge is 0.351 e. The maximum absolute atomic E-state index is 12.0. The molecule has 2 aromatic carbocycles. The molecule has 0 aliphatic rings. The van der Waals surface area contributed by atoms with E-state index in [1.807, 2.05) is 48.5 Å². The van der Waals surface area contributed by atoms with Crippen molar-refractivity contribution in [2.75, 3.05) is 4.90 Å². The number of aromatic nitrogens is 3. The lowest BCUT2D eigenvalue weighted by atomic mass is 10.3. The zero-order valence-electron chi connectivity index (χ0n) is 12.0. The average molecular weight is 293 g/mol. The van der Waals surface area contributed by atoms with Gasteiger partial charge in [0, 0.05) is 0 Å². The normalized spacial score (nSPS) is 10.4. The van der Waals surface area contributed by atoms with Gasteiger partial charge in [-0.1, -0.05) is 36.4 Å². The molecule has 0 saturated carbocycles. The Morgan fingerprint density at radius 1 is 1.05 bits per heavy atom. The van der Waals surface area contributed by atoms with E-state index in [1.54, 1.807) is 23.7 Å². The number of amides is 2. The first kappa shape index (κ1) is 13.8. The van der Waals surface area contributed by atoms with E-state index in [0.29, 0.717) is 17.5 Å². The van der Waals surface area contributed by atoms with Gasteiger partial charge in [-0.05, 0) is 31.2 Å². The number of hydrogen-bond acceptors (Lipinski definition) is 3. The number of carbonyl (C=O) groups excluding carboxylic acids is 1. The van der Waals surface area contributed by atoms with Gasteiger partial charge in [0.1, 0.15) is 5.82 Å². The van der Waals surface area contributed by atoms with Crippen molar-refractivity contribution in [1.29, 1.82) is 0 Å². The molecule has 6 nitrogen and oxygen atoms in total. The van der Waals surface area contributed by atoms with Crippen LogP contribution in [0.3, 0.4) is 0 Å². The van der Waals surface area contributed by atoms with Crippen LogP contribution in [-0.2, 0) is 0 Å². The van der Waals surface area contributed by atoms with Gasteiger partial charge in [-0.3, -0.25) is 0 Å². The molecular weight excluding hydrogens is 278 g/mol. The zero-order valence-corrected chi connectivity index (χ0v) is 12.0. The van der Waals surface area contributed by atoms with E-state index in [0.717, 1.165) is 5.69 Å². The van der Waals surface area contributed by atoms with Gasteiger partial charge in [-0.2, -0.15) is 9.67 Å². The summed E-state index contributed by atoms with van der Waals surface area (Å²) in [5, 5.41) is 4.37. The number of urea groups is 1. The minimum atomic E-state index is -0.615. The summed E-state index contributed by atoms with van der Waals surface area (Å²) in [5.41, 5.74) is 7.01. The molecule has 0 bridgehead atoms. The summed E-state index contributed by atoms with van der Waals surface area (Å²) in [6, 6.07) is 18.0. The standard InChI is InChI=1S/C16H15N5O/c1-12-18-16(21(19-12)14-10-6-3-7-11-14)20(15(17)22)13-8-4-2-5-9-13/h2-11H,1H3,(H2,17,22). The van der Waals surface area contributed by atoms with Crippen LogP contribution in [0.15, 0.2) is 60.7 Å². The number of carbonyl (C=O) groups is 1. The lowest BCUT2D eigenvalue weighted by Crippen LogP contribution is -2.33. The summed E-state index contributed by atoms with van der Waals surface area (Å²) in [4.78, 5) is 17.7. The predicted octanol–water partition coefficient (Wildman–Crippen LogP) is 2.79. The summed E-state index contributed by atoms with van der Waals surface area (Å²) in [7, 11) is 0. The smallest absolute Gasteiger partial charge is 0.326 e. The Kier molecular flexibility index (Phi) is 3.57. The molecule has 6 heteroatoms. The van der Waals surface area contributed by atoms with Crippen molar-refractivity contribution in [3.63, 3.8) is 0 Å². The Hall–Kier alpha value is -3.15. The van der Waals surface area contributed by atoms with Gasteiger partial charge in [0.2, 0.25) is 5.95 Å². The monoisotopic (exact) mass is 293 g/mol. The van der Waals surface area contributed by atoms with Gasteiger partial charge in [-0.15, -0.1) is 5.10 Å². The molecule has 0 radical (unpaired) electrons. The second kappa shape index (κ2) is 5.69. The highest BCUT2D eigenvalue weighted by atomic mass is 16.2. The first-order valence-electron chi connectivity index (χ1n) is 6.80. The molecule has 0 fully saturated rings. The Balaban J connectivity index is 2.16. The van der Waals surface area contributed by atoms with Crippen LogP contribution in [0.4, 0.5) is 16.4 Å². The third-order valence-corrected chi connectivity index (χ3v) is 3.13. The highest BCUT2D eigenvalue weighted by molar-refractivity contribution is 5.96. The van der Waals surface area contributed by atoms with Crippen LogP contribution < -0.4 is 10.6 Å². The summed E-state index contributed by atoms with van der Waals surface area (Å²) >= 11 is 0. The van der Waals surface area contributed by atoms with E-state index in [4.69, 9.17) is 5.73 Å². The number of anilines is 2. The van der Waals surface area contributed by atoms with Crippen molar-refractivity contribution in [3.8, 4) is 5.69 Å². The first-order chi connectivity index (χ1) is 10.7. The third-order valence-electron chi connectivity index (χ3n) is 3.13. The number of nitrogens with two attached hydrogens (primary N) is 1. The summed E-state index contributed by atoms with van der Waals surface area (Å²) < 4.78 is 1.60. The van der Waals surface area contributed by atoms with E-state index in [1.165, 1.54) is 4.90 Å². The molecule has 0 saturated heterocycles. The summed E-state index contributed by atoms with van der Waals surface area (Å²) in [6.07, 6.45) is 0. The molecule has 1 aromatic heterocycles. The molecule has 3 rings (SSSR count). The number of hydrogen-bond donors (Lipinski definition) is 1. The first-order valence-corrected chi connectivity index (χ1v) is 6.80. The molecule has 0 aliphatic heterocycles. The fourth-order valence-corrected chi connectivity index (χ4v) is 2.21. The summed E-state index contributed by atoms with van der Waals surface area (Å²) in [5.74, 6) is 0.920. The van der Waals surface area contributed by atoms with Crippen LogP contribution in [-0.4, -0.2) is 20.8 Å². The molecular formula is C16H15N5O. The van der Waals surface area contributed by atoms with Gasteiger partial charge in [0.05, 0.1) is 11.4 Å². The van der Waals surface area contributed by atoms with Gasteiger partial charge in [0.25, 0.3) is 0 Å². The number of rotatable bonds is 3. The number of aryl methyl sites for hydroxylation is 1. The molecule has 1 heterocycles. The Morgan fingerprint density at radius 2 is 1.64 bits per heavy atom. The molecule has 0 atom stereocenters. The number of nitrogens with zero attached hydrogens (tertiary/aromatic N) is 4. The minimum absolute atomic E-state index is 0.363. The SMILES string of the molecule is Cc1nc(N(C(N)=O)c2ccccc2)n(-c2ccccc2)n1. The molecule has 110 valence electrons. The fourth-order valence-electron chi connectivity index (χ4n) is 2.21. The molecule has 2 amide bonds. The van der Waals surface area contributed by atoms with Crippen LogP contribution in [0.25, 0.3) is 5.69 Å². The van der Waals surface area contributed by atoms with E-state index in [-0.39, 0.29) is 0 Å². The van der Waals surface area contributed by atoms with Crippen LogP contribution in [0.2, 0.25) is 0 Å². The predicted molar refractivity (Wildman–Crippen MR) is 84.3 cm³/mol. The van der Waals surface area contributed by atoms with Gasteiger partial charge in [0.15, 0.2) is 0 Å². The maximum atomic E-state index is 12.0. The lowest BCUT2D eigenvalue weighted by molar-refractivity contribution is 0.255. The van der Waals surface area contributed by atoms with Crippen LogP contribution in [0.5, 0.6) is 0 Å². The van der Waals surface area contributed by atoms with Gasteiger partial charge >= 0.3 is 6.03 Å². The van der Waals surface area contributed by atoms with Crippen LogP contribution in [0, 0.1) is 6.92 Å². The highest BCUT2D eigenvalue weighted by Crippen LogP contribution is 2.25. The maximum Gasteiger partial charge on any atom is 0.326 e. The average Bonchev–Trinajstić information content (AvgIpc) is 2.90. The molecule has 3 aromatic rings. The van der Waals surface area contributed by atoms with Crippen molar-refractivity contribution in [2.24, 2.45) is 5.73 Å². The summed E-state index contributed by atoms with van der Waals surface area (Å²) in [6.45, 7) is 1.77. The van der Waals surface area contributed by atoms with Crippen molar-refractivity contribution in [3.05, 3.63) is 66.5 Å². The molecule has 0 aliphatic carbocycles. The van der Waals surface area contributed by atoms with Crippen molar-refractivity contribution < 1.29 is 4.79 Å². The second-order valence-corrected chi connectivity index (χ2v) is 4.72. The lowest BCUT2D eigenvalue weighted by Gasteiger charge is -2.19. The minimum Gasteiger partial charge on any atom is -0.351 e. The van der Waals surface area contributed by atoms with Gasteiger partial charge < -0.3 is 5.73 Å². The van der Waals surface area contributed by atoms with E-state index < -0.39 is 6.03 Å². The molecule has 0 unspecified atom stereocenters. The third kappa shape index (κ3) is 2.54. The second-order valence-electron chi connectivity index (χ2n) is 4.72. The van der Waals surface area contributed by atoms with Crippen LogP contribution in [0.1, 0.15) is 5.82 Å². The zero-order chi connectivity index (χ0) is 15.5. The number of benzene rings is 2. The Bertz CT molecular complexity index is 783. The topological polar surface area (TPSA) is 77.0 Å². The van der Waals surface area contributed by atoms with Crippen LogP contribution >= 0.6 is 0 Å². The molecule has 0 spiro atoms. The van der Waals surface area contributed by atoms with Crippen molar-refractivity contribution >= 4 is 17.7 Å². The van der Waals surface area contributed by atoms with Crippen molar-refractivity contribution in [1.82, 2.24) is 14.8 Å². The van der Waals surface area contributed by atoms with Gasteiger partial charge in [-0.25, -0.2) is 9.69 Å². The van der Waals surface area contributed by atoms with E-state index >= 15 is 0 Å². The Morgan fingerprint density at radius 3 is 2.23 bits per heavy atom. The molecule has 2 N–H and O–H groups in total. The van der Waals surface area contributed by atoms with Crippen molar-refractivity contribution in [2.45, 2.75) is 6.92 Å². The number of primary amides is 1. The highest BCUT2D eigenvalue weighted by Gasteiger charge is 2.22. The Labute approximate surface area is 127 Å². The fraction of sp³-hybridized carbons (Fsp3) is 0.0625. The molecule has 22 heavy (non-hydrogen) atoms. The number of para-hydroxylation sites is 2.